The van der Waals surface area contributed by atoms with Crippen LogP contribution < -0.4 is 5.32 Å². The predicted molar refractivity (Wildman–Crippen MR) is 104 cm³/mol. The molecule has 146 valence electrons. The number of likely N-dealkylation sites (tertiary alicyclic amines) is 1. The average molecular weight is 370 g/mol. The summed E-state index contributed by atoms with van der Waals surface area (Å²) < 4.78 is 0. The number of aryl methyl sites for hydroxylation is 1. The minimum absolute atomic E-state index is 0.0173. The summed E-state index contributed by atoms with van der Waals surface area (Å²) in [5, 5.41) is 3.29. The van der Waals surface area contributed by atoms with E-state index in [-0.39, 0.29) is 23.8 Å². The van der Waals surface area contributed by atoms with Crippen molar-refractivity contribution < 1.29 is 9.59 Å². The van der Waals surface area contributed by atoms with Crippen LogP contribution in [0, 0.1) is 24.7 Å². The van der Waals surface area contributed by atoms with Gasteiger partial charge < -0.3 is 10.2 Å². The molecule has 2 aliphatic carbocycles. The van der Waals surface area contributed by atoms with Gasteiger partial charge in [-0.05, 0) is 69.1 Å². The highest BCUT2D eigenvalue weighted by Gasteiger charge is 2.37. The van der Waals surface area contributed by atoms with Gasteiger partial charge in [-0.15, -0.1) is 0 Å². The zero-order chi connectivity index (χ0) is 18.8. The van der Waals surface area contributed by atoms with Crippen molar-refractivity contribution in [2.45, 2.75) is 64.3 Å². The molecule has 0 bridgehead atoms. The molecule has 3 fully saturated rings. The molecule has 1 aromatic rings. The monoisotopic (exact) mass is 369 g/mol. The molecule has 0 spiro atoms. The van der Waals surface area contributed by atoms with Gasteiger partial charge in [0, 0.05) is 31.1 Å². The van der Waals surface area contributed by atoms with Crippen molar-refractivity contribution in [2.75, 3.05) is 13.1 Å². The number of aromatic nitrogens is 1. The Morgan fingerprint density at radius 1 is 1.07 bits per heavy atom. The van der Waals surface area contributed by atoms with Crippen LogP contribution in [0.2, 0.25) is 0 Å². The maximum Gasteiger partial charge on any atom is 0.225 e. The van der Waals surface area contributed by atoms with E-state index >= 15 is 0 Å². The topological polar surface area (TPSA) is 62.3 Å². The maximum absolute atomic E-state index is 12.9. The number of hydrogen-bond acceptors (Lipinski definition) is 3. The van der Waals surface area contributed by atoms with Crippen molar-refractivity contribution in [3.8, 4) is 0 Å². The number of pyridine rings is 1. The van der Waals surface area contributed by atoms with Gasteiger partial charge in [-0.1, -0.05) is 12.8 Å². The van der Waals surface area contributed by atoms with Crippen LogP contribution in [0.3, 0.4) is 0 Å². The molecule has 4 rings (SSSR count). The second-order valence-corrected chi connectivity index (χ2v) is 8.66. The molecule has 0 radical (unpaired) electrons. The second-order valence-electron chi connectivity index (χ2n) is 8.66. The van der Waals surface area contributed by atoms with E-state index in [0.717, 1.165) is 57.3 Å². The van der Waals surface area contributed by atoms with Crippen LogP contribution in [0.5, 0.6) is 0 Å². The molecular formula is C22H31N3O2. The third-order valence-corrected chi connectivity index (χ3v) is 6.53. The highest BCUT2D eigenvalue weighted by Crippen LogP contribution is 2.41. The summed E-state index contributed by atoms with van der Waals surface area (Å²) in [4.78, 5) is 32.0. The summed E-state index contributed by atoms with van der Waals surface area (Å²) in [7, 11) is 0. The highest BCUT2D eigenvalue weighted by atomic mass is 16.2. The Kier molecular flexibility index (Phi) is 5.46. The standard InChI is InChI=1S/C22H31N3O2/c1-15-8-11-23-19(14-15)20(16-6-7-16)24-21(26)17-9-12-25(13-10-17)22(27)18-4-2-3-5-18/h8,11,14,16-18,20H,2-7,9-10,12-13H2,1H3,(H,24,26). The lowest BCUT2D eigenvalue weighted by atomic mass is 9.93. The van der Waals surface area contributed by atoms with E-state index in [1.807, 2.05) is 17.2 Å². The number of rotatable bonds is 5. The van der Waals surface area contributed by atoms with Crippen molar-refractivity contribution >= 4 is 11.8 Å². The molecule has 2 amide bonds. The van der Waals surface area contributed by atoms with Crippen molar-refractivity contribution in [1.29, 1.82) is 0 Å². The van der Waals surface area contributed by atoms with E-state index in [1.165, 1.54) is 18.4 Å². The molecule has 1 N–H and O–H groups in total. The van der Waals surface area contributed by atoms with Crippen molar-refractivity contribution in [2.24, 2.45) is 17.8 Å². The molecule has 5 nitrogen and oxygen atoms in total. The second kappa shape index (κ2) is 7.99. The number of carbonyl (C=O) groups is 2. The van der Waals surface area contributed by atoms with E-state index in [1.54, 1.807) is 0 Å². The molecule has 1 unspecified atom stereocenters. The Balaban J connectivity index is 1.32. The van der Waals surface area contributed by atoms with E-state index in [0.29, 0.717) is 11.8 Å². The van der Waals surface area contributed by atoms with E-state index in [4.69, 9.17) is 0 Å². The van der Waals surface area contributed by atoms with Gasteiger partial charge in [-0.3, -0.25) is 14.6 Å². The molecule has 1 atom stereocenters. The van der Waals surface area contributed by atoms with Gasteiger partial charge in [0.05, 0.1) is 11.7 Å². The van der Waals surface area contributed by atoms with Crippen LogP contribution in [-0.2, 0) is 9.59 Å². The van der Waals surface area contributed by atoms with Crippen LogP contribution in [0.4, 0.5) is 0 Å². The van der Waals surface area contributed by atoms with Crippen molar-refractivity contribution in [1.82, 2.24) is 15.2 Å². The Morgan fingerprint density at radius 2 is 1.78 bits per heavy atom. The quantitative estimate of drug-likeness (QED) is 0.865. The molecule has 1 aromatic heterocycles. The van der Waals surface area contributed by atoms with E-state index in [2.05, 4.69) is 23.3 Å². The number of nitrogens with zero attached hydrogens (tertiary/aromatic N) is 2. The molecular weight excluding hydrogens is 338 g/mol. The Labute approximate surface area is 161 Å². The third-order valence-electron chi connectivity index (χ3n) is 6.53. The molecule has 2 heterocycles. The third kappa shape index (κ3) is 4.33. The van der Waals surface area contributed by atoms with Gasteiger partial charge in [-0.2, -0.15) is 0 Å². The van der Waals surface area contributed by atoms with E-state index in [9.17, 15) is 9.59 Å². The number of piperidine rings is 1. The Bertz CT molecular complexity index is 687. The van der Waals surface area contributed by atoms with Gasteiger partial charge in [0.25, 0.3) is 0 Å². The number of amides is 2. The lowest BCUT2D eigenvalue weighted by Gasteiger charge is -2.33. The first kappa shape index (κ1) is 18.5. The molecule has 3 aliphatic rings. The highest BCUT2D eigenvalue weighted by molar-refractivity contribution is 5.81. The summed E-state index contributed by atoms with van der Waals surface area (Å²) in [6.45, 7) is 3.52. The molecule has 27 heavy (non-hydrogen) atoms. The summed E-state index contributed by atoms with van der Waals surface area (Å²) in [5.74, 6) is 1.24. The van der Waals surface area contributed by atoms with Crippen LogP contribution in [0.1, 0.15) is 68.7 Å². The fourth-order valence-electron chi connectivity index (χ4n) is 4.66. The lowest BCUT2D eigenvalue weighted by Crippen LogP contribution is -2.45. The van der Waals surface area contributed by atoms with Crippen LogP contribution >= 0.6 is 0 Å². The minimum atomic E-state index is 0.0173. The van der Waals surface area contributed by atoms with Gasteiger partial charge in [0.15, 0.2) is 0 Å². The van der Waals surface area contributed by atoms with Gasteiger partial charge >= 0.3 is 0 Å². The zero-order valence-electron chi connectivity index (χ0n) is 16.3. The fourth-order valence-corrected chi connectivity index (χ4v) is 4.66. The molecule has 1 saturated heterocycles. The molecule has 1 aliphatic heterocycles. The number of hydrogen-bond donors (Lipinski definition) is 1. The minimum Gasteiger partial charge on any atom is -0.347 e. The summed E-state index contributed by atoms with van der Waals surface area (Å²) >= 11 is 0. The first-order valence-corrected chi connectivity index (χ1v) is 10.6. The normalized spacial score (nSPS) is 22.6. The summed E-state index contributed by atoms with van der Waals surface area (Å²) in [5.41, 5.74) is 2.17. The van der Waals surface area contributed by atoms with E-state index < -0.39 is 0 Å². The molecule has 0 aromatic carbocycles. The summed E-state index contributed by atoms with van der Waals surface area (Å²) in [6, 6.07) is 4.12. The first-order chi connectivity index (χ1) is 13.1. The Morgan fingerprint density at radius 3 is 2.41 bits per heavy atom. The smallest absolute Gasteiger partial charge is 0.225 e. The first-order valence-electron chi connectivity index (χ1n) is 10.6. The molecule has 5 heteroatoms. The number of carbonyl (C=O) groups excluding carboxylic acids is 2. The van der Waals surface area contributed by atoms with Gasteiger partial charge in [0.2, 0.25) is 11.8 Å². The maximum atomic E-state index is 12.9. The van der Waals surface area contributed by atoms with Gasteiger partial charge in [-0.25, -0.2) is 0 Å². The lowest BCUT2D eigenvalue weighted by molar-refractivity contribution is -0.139. The molecule has 2 saturated carbocycles. The summed E-state index contributed by atoms with van der Waals surface area (Å²) in [6.07, 6.45) is 10.2. The van der Waals surface area contributed by atoms with Crippen LogP contribution in [0.15, 0.2) is 18.3 Å². The average Bonchev–Trinajstić information content (AvgIpc) is 3.38. The van der Waals surface area contributed by atoms with Crippen LogP contribution in [-0.4, -0.2) is 34.8 Å². The SMILES string of the molecule is Cc1ccnc(C(NC(=O)C2CCN(C(=O)C3CCCC3)CC2)C2CC2)c1. The largest absolute Gasteiger partial charge is 0.347 e. The van der Waals surface area contributed by atoms with Gasteiger partial charge in [0.1, 0.15) is 0 Å². The van der Waals surface area contributed by atoms with Crippen molar-refractivity contribution in [3.05, 3.63) is 29.6 Å². The fraction of sp³-hybridized carbons (Fsp3) is 0.682. The van der Waals surface area contributed by atoms with Crippen molar-refractivity contribution in [3.63, 3.8) is 0 Å². The van der Waals surface area contributed by atoms with Crippen LogP contribution in [0.25, 0.3) is 0 Å². The number of nitrogens with one attached hydrogen (secondary N) is 1. The Hall–Kier alpha value is -1.91. The zero-order valence-corrected chi connectivity index (χ0v) is 16.3. The predicted octanol–water partition coefficient (Wildman–Crippen LogP) is 3.39.